The van der Waals surface area contributed by atoms with Crippen LogP contribution < -0.4 is 0 Å². The summed E-state index contributed by atoms with van der Waals surface area (Å²) < 4.78 is 5.22. The third kappa shape index (κ3) is 2.20. The quantitative estimate of drug-likeness (QED) is 0.599. The number of carbonyl (C=O) groups is 1. The lowest BCUT2D eigenvalue weighted by Crippen LogP contribution is -2.14. The first-order chi connectivity index (χ1) is 9.83. The lowest BCUT2D eigenvalue weighted by atomic mass is 9.98. The molecule has 0 saturated heterocycles. The van der Waals surface area contributed by atoms with Crippen LogP contribution in [0.25, 0.3) is 11.1 Å². The van der Waals surface area contributed by atoms with E-state index >= 15 is 0 Å². The second-order valence-corrected chi connectivity index (χ2v) is 5.40. The maximum absolute atomic E-state index is 12.1. The second kappa shape index (κ2) is 5.66. The standard InChI is InChI=1S/C18H20O2/c1-2-3-4-5-8-14-13-9-6-7-10-15(13)17-16(14)11-12-20-18(17)19/h6-10H,2-5,11-12H2,1H3. The first kappa shape index (κ1) is 13.2. The van der Waals surface area contributed by atoms with Crippen LogP contribution in [0.1, 0.15) is 50.2 Å². The number of hydrogen-bond acceptors (Lipinski definition) is 2. The largest absolute Gasteiger partial charge is 0.462 e. The highest BCUT2D eigenvalue weighted by molar-refractivity contribution is 6.25. The van der Waals surface area contributed by atoms with Crippen molar-refractivity contribution in [1.29, 1.82) is 0 Å². The molecular formula is C18H20O2. The topological polar surface area (TPSA) is 26.3 Å². The van der Waals surface area contributed by atoms with Crippen molar-refractivity contribution >= 4 is 17.1 Å². The van der Waals surface area contributed by atoms with Gasteiger partial charge in [0, 0.05) is 6.42 Å². The van der Waals surface area contributed by atoms with Gasteiger partial charge in [-0.15, -0.1) is 0 Å². The Balaban J connectivity index is 1.98. The molecule has 1 heterocycles. The van der Waals surface area contributed by atoms with E-state index in [0.717, 1.165) is 24.0 Å². The number of allylic oxidation sites excluding steroid dienone is 2. The third-order valence-corrected chi connectivity index (χ3v) is 4.06. The van der Waals surface area contributed by atoms with Crippen molar-refractivity contribution in [1.82, 2.24) is 0 Å². The summed E-state index contributed by atoms with van der Waals surface area (Å²) in [6.45, 7) is 2.73. The maximum atomic E-state index is 12.1. The van der Waals surface area contributed by atoms with Crippen molar-refractivity contribution in [3.63, 3.8) is 0 Å². The van der Waals surface area contributed by atoms with E-state index in [0.29, 0.717) is 6.61 Å². The van der Waals surface area contributed by atoms with E-state index < -0.39 is 0 Å². The number of ether oxygens (including phenoxy) is 1. The molecule has 2 aliphatic rings. The highest BCUT2D eigenvalue weighted by atomic mass is 16.5. The van der Waals surface area contributed by atoms with Crippen LogP contribution in [0, 0.1) is 0 Å². The molecule has 2 heteroatoms. The number of hydrogen-bond donors (Lipinski definition) is 0. The van der Waals surface area contributed by atoms with Gasteiger partial charge in [0.25, 0.3) is 0 Å². The smallest absolute Gasteiger partial charge is 0.339 e. The fraction of sp³-hybridized carbons (Fsp3) is 0.389. The highest BCUT2D eigenvalue weighted by Gasteiger charge is 2.33. The molecule has 0 amide bonds. The lowest BCUT2D eigenvalue weighted by molar-refractivity contribution is -0.137. The van der Waals surface area contributed by atoms with Crippen LogP contribution in [0.4, 0.5) is 0 Å². The molecule has 1 aliphatic heterocycles. The summed E-state index contributed by atoms with van der Waals surface area (Å²) in [4.78, 5) is 12.1. The van der Waals surface area contributed by atoms with Crippen molar-refractivity contribution in [2.45, 2.75) is 39.0 Å². The Morgan fingerprint density at radius 3 is 2.80 bits per heavy atom. The Kier molecular flexibility index (Phi) is 3.72. The number of fused-ring (bicyclic) bond motifs is 2. The SMILES string of the molecule is CCCCCC=C1C2=C(C(=O)OCC2)c2ccccc21. The van der Waals surface area contributed by atoms with Gasteiger partial charge in [-0.1, -0.05) is 50.1 Å². The number of cyclic esters (lactones) is 1. The van der Waals surface area contributed by atoms with E-state index in [1.807, 2.05) is 18.2 Å². The predicted molar refractivity (Wildman–Crippen MR) is 81.1 cm³/mol. The number of esters is 1. The number of unbranched alkanes of at least 4 members (excludes halogenated alkanes) is 3. The van der Waals surface area contributed by atoms with Crippen molar-refractivity contribution in [3.05, 3.63) is 47.0 Å². The first-order valence-corrected chi connectivity index (χ1v) is 7.53. The van der Waals surface area contributed by atoms with Crippen LogP contribution in [0.2, 0.25) is 0 Å². The Morgan fingerprint density at radius 1 is 1.20 bits per heavy atom. The fourth-order valence-corrected chi connectivity index (χ4v) is 3.08. The molecule has 3 rings (SSSR count). The van der Waals surface area contributed by atoms with Crippen molar-refractivity contribution < 1.29 is 9.53 Å². The van der Waals surface area contributed by atoms with Gasteiger partial charge in [0.05, 0.1) is 12.2 Å². The zero-order chi connectivity index (χ0) is 13.9. The molecule has 0 aromatic heterocycles. The van der Waals surface area contributed by atoms with Crippen LogP contribution in [0.15, 0.2) is 35.9 Å². The molecular weight excluding hydrogens is 248 g/mol. The molecule has 1 aromatic carbocycles. The van der Waals surface area contributed by atoms with Gasteiger partial charge < -0.3 is 4.74 Å². The summed E-state index contributed by atoms with van der Waals surface area (Å²) in [7, 11) is 0. The minimum absolute atomic E-state index is 0.157. The van der Waals surface area contributed by atoms with Gasteiger partial charge in [-0.3, -0.25) is 0 Å². The summed E-state index contributed by atoms with van der Waals surface area (Å²) >= 11 is 0. The highest BCUT2D eigenvalue weighted by Crippen LogP contribution is 2.45. The second-order valence-electron chi connectivity index (χ2n) is 5.40. The molecule has 0 radical (unpaired) electrons. The molecule has 0 atom stereocenters. The van der Waals surface area contributed by atoms with Gasteiger partial charge in [-0.25, -0.2) is 4.79 Å². The number of rotatable bonds is 4. The molecule has 0 fully saturated rings. The molecule has 0 N–H and O–H groups in total. The van der Waals surface area contributed by atoms with Gasteiger partial charge in [0.2, 0.25) is 0 Å². The number of carbonyl (C=O) groups excluding carboxylic acids is 1. The molecule has 0 saturated carbocycles. The Bertz CT molecular complexity index is 593. The molecule has 0 unspecified atom stereocenters. The Morgan fingerprint density at radius 2 is 2.00 bits per heavy atom. The van der Waals surface area contributed by atoms with Crippen LogP contribution in [-0.4, -0.2) is 12.6 Å². The first-order valence-electron chi connectivity index (χ1n) is 7.53. The van der Waals surface area contributed by atoms with Gasteiger partial charge in [-0.05, 0) is 35.1 Å². The lowest BCUT2D eigenvalue weighted by Gasteiger charge is -2.15. The van der Waals surface area contributed by atoms with E-state index in [2.05, 4.69) is 19.1 Å². The molecule has 0 bridgehead atoms. The molecule has 104 valence electrons. The zero-order valence-electron chi connectivity index (χ0n) is 11.9. The third-order valence-electron chi connectivity index (χ3n) is 4.06. The van der Waals surface area contributed by atoms with E-state index in [4.69, 9.17) is 4.74 Å². The van der Waals surface area contributed by atoms with Crippen molar-refractivity contribution in [3.8, 4) is 0 Å². The van der Waals surface area contributed by atoms with E-state index in [1.165, 1.54) is 36.0 Å². The fourth-order valence-electron chi connectivity index (χ4n) is 3.08. The Hall–Kier alpha value is -1.83. The van der Waals surface area contributed by atoms with E-state index in [9.17, 15) is 4.79 Å². The normalized spacial score (nSPS) is 19.1. The predicted octanol–water partition coefficient (Wildman–Crippen LogP) is 4.36. The van der Waals surface area contributed by atoms with Gasteiger partial charge in [-0.2, -0.15) is 0 Å². The van der Waals surface area contributed by atoms with E-state index in [-0.39, 0.29) is 5.97 Å². The minimum atomic E-state index is -0.157. The Labute approximate surface area is 120 Å². The summed E-state index contributed by atoms with van der Waals surface area (Å²) in [6.07, 6.45) is 7.96. The minimum Gasteiger partial charge on any atom is -0.462 e. The summed E-state index contributed by atoms with van der Waals surface area (Å²) in [6, 6.07) is 8.19. The van der Waals surface area contributed by atoms with Crippen LogP contribution in [-0.2, 0) is 9.53 Å². The average molecular weight is 268 g/mol. The molecule has 20 heavy (non-hydrogen) atoms. The van der Waals surface area contributed by atoms with E-state index in [1.54, 1.807) is 0 Å². The van der Waals surface area contributed by atoms with Crippen LogP contribution in [0.5, 0.6) is 0 Å². The molecule has 2 nitrogen and oxygen atoms in total. The zero-order valence-corrected chi connectivity index (χ0v) is 11.9. The van der Waals surface area contributed by atoms with Gasteiger partial charge in [0.1, 0.15) is 0 Å². The number of benzene rings is 1. The monoisotopic (exact) mass is 268 g/mol. The van der Waals surface area contributed by atoms with Crippen molar-refractivity contribution in [2.75, 3.05) is 6.61 Å². The van der Waals surface area contributed by atoms with Crippen LogP contribution >= 0.6 is 0 Å². The van der Waals surface area contributed by atoms with Crippen molar-refractivity contribution in [2.24, 2.45) is 0 Å². The molecule has 0 spiro atoms. The van der Waals surface area contributed by atoms with Gasteiger partial charge >= 0.3 is 5.97 Å². The summed E-state index contributed by atoms with van der Waals surface area (Å²) in [5.41, 5.74) is 5.51. The van der Waals surface area contributed by atoms with Gasteiger partial charge in [0.15, 0.2) is 0 Å². The molecule has 1 aromatic rings. The maximum Gasteiger partial charge on any atom is 0.339 e. The molecule has 1 aliphatic carbocycles. The average Bonchev–Trinajstić information content (AvgIpc) is 2.79. The summed E-state index contributed by atoms with van der Waals surface area (Å²) in [5, 5.41) is 0. The summed E-state index contributed by atoms with van der Waals surface area (Å²) in [5.74, 6) is -0.157. The van der Waals surface area contributed by atoms with Crippen LogP contribution in [0.3, 0.4) is 0 Å².